The second kappa shape index (κ2) is 6.00. The predicted molar refractivity (Wildman–Crippen MR) is 86.1 cm³/mol. The van der Waals surface area contributed by atoms with Crippen molar-refractivity contribution >= 4 is 35.0 Å². The second-order valence-electron chi connectivity index (χ2n) is 4.85. The average molecular weight is 320 g/mol. The summed E-state index contributed by atoms with van der Waals surface area (Å²) in [5, 5.41) is 0.367. The Hall–Kier alpha value is -1.65. The normalized spacial score (nSPS) is 16.5. The van der Waals surface area contributed by atoms with Crippen molar-refractivity contribution in [3.8, 4) is 0 Å². The van der Waals surface area contributed by atoms with Gasteiger partial charge in [0, 0.05) is 16.6 Å². The molecule has 1 heterocycles. The van der Waals surface area contributed by atoms with Gasteiger partial charge in [-0.25, -0.2) is 4.79 Å². The Morgan fingerprint density at radius 2 is 2.10 bits per heavy atom. The summed E-state index contributed by atoms with van der Waals surface area (Å²) in [4.78, 5) is 13.4. The molecule has 108 valence electrons. The van der Waals surface area contributed by atoms with Gasteiger partial charge in [-0.1, -0.05) is 35.9 Å². The van der Waals surface area contributed by atoms with Gasteiger partial charge in [0.2, 0.25) is 0 Å². The number of thioether (sulfide) groups is 1. The first-order chi connectivity index (χ1) is 10.2. The van der Waals surface area contributed by atoms with Gasteiger partial charge in [0.15, 0.2) is 0 Å². The van der Waals surface area contributed by atoms with Crippen LogP contribution < -0.4 is 5.73 Å². The van der Waals surface area contributed by atoms with Gasteiger partial charge < -0.3 is 10.5 Å². The summed E-state index contributed by atoms with van der Waals surface area (Å²) in [5.74, 6) is 0.734. The molecule has 21 heavy (non-hydrogen) atoms. The first kappa shape index (κ1) is 14.3. The SMILES string of the molecule is Nc1c(Cl)cccc1C(=O)OCC1CSc2ccccc21. The maximum atomic E-state index is 12.1. The molecular formula is C16H14ClNO2S. The maximum absolute atomic E-state index is 12.1. The van der Waals surface area contributed by atoms with Gasteiger partial charge in [-0.3, -0.25) is 0 Å². The van der Waals surface area contributed by atoms with Gasteiger partial charge in [0.05, 0.1) is 22.9 Å². The maximum Gasteiger partial charge on any atom is 0.340 e. The molecular weight excluding hydrogens is 306 g/mol. The van der Waals surface area contributed by atoms with Crippen molar-refractivity contribution in [1.82, 2.24) is 0 Å². The number of esters is 1. The summed E-state index contributed by atoms with van der Waals surface area (Å²) < 4.78 is 5.41. The Labute approximate surface area is 132 Å². The quantitative estimate of drug-likeness (QED) is 0.687. The van der Waals surface area contributed by atoms with Crippen LogP contribution in [0.3, 0.4) is 0 Å². The summed E-state index contributed by atoms with van der Waals surface area (Å²) in [6, 6.07) is 13.2. The molecule has 0 radical (unpaired) electrons. The van der Waals surface area contributed by atoms with E-state index >= 15 is 0 Å². The number of rotatable bonds is 3. The van der Waals surface area contributed by atoms with Crippen LogP contribution in [-0.2, 0) is 4.74 Å². The van der Waals surface area contributed by atoms with Crippen molar-refractivity contribution in [2.45, 2.75) is 10.8 Å². The topological polar surface area (TPSA) is 52.3 Å². The number of para-hydroxylation sites is 1. The van der Waals surface area contributed by atoms with E-state index in [-0.39, 0.29) is 11.6 Å². The van der Waals surface area contributed by atoms with Gasteiger partial charge in [0.1, 0.15) is 0 Å². The van der Waals surface area contributed by atoms with Crippen LogP contribution in [0.4, 0.5) is 5.69 Å². The number of hydrogen-bond donors (Lipinski definition) is 1. The summed E-state index contributed by atoms with van der Waals surface area (Å²) >= 11 is 7.71. The third-order valence-corrected chi connectivity index (χ3v) is 5.07. The number of halogens is 1. The molecule has 3 nitrogen and oxygen atoms in total. The molecule has 2 aromatic rings. The lowest BCUT2D eigenvalue weighted by atomic mass is 10.0. The van der Waals surface area contributed by atoms with Crippen LogP contribution in [0, 0.1) is 0 Å². The summed E-state index contributed by atoms with van der Waals surface area (Å²) in [5.41, 5.74) is 7.64. The molecule has 1 aliphatic heterocycles. The fourth-order valence-electron chi connectivity index (χ4n) is 2.34. The number of nitrogen functional groups attached to an aromatic ring is 1. The van der Waals surface area contributed by atoms with Crippen LogP contribution >= 0.6 is 23.4 Å². The molecule has 0 bridgehead atoms. The molecule has 0 aromatic heterocycles. The smallest absolute Gasteiger partial charge is 0.340 e. The zero-order chi connectivity index (χ0) is 14.8. The standard InChI is InChI=1S/C16H14ClNO2S/c17-13-6-3-5-12(15(13)18)16(19)20-8-10-9-21-14-7-2-1-4-11(10)14/h1-7,10H,8-9,18H2. The molecule has 0 amide bonds. The molecule has 2 N–H and O–H groups in total. The Morgan fingerprint density at radius 3 is 2.95 bits per heavy atom. The molecule has 0 saturated carbocycles. The molecule has 1 atom stereocenters. The van der Waals surface area contributed by atoms with E-state index in [1.807, 2.05) is 12.1 Å². The molecule has 3 rings (SSSR count). The van der Waals surface area contributed by atoms with Crippen molar-refractivity contribution in [3.63, 3.8) is 0 Å². The number of nitrogens with two attached hydrogens (primary N) is 1. The van der Waals surface area contributed by atoms with Crippen molar-refractivity contribution in [1.29, 1.82) is 0 Å². The highest BCUT2D eigenvalue weighted by Crippen LogP contribution is 2.39. The first-order valence-corrected chi connectivity index (χ1v) is 7.96. The number of ether oxygens (including phenoxy) is 1. The van der Waals surface area contributed by atoms with Crippen LogP contribution in [0.25, 0.3) is 0 Å². The lowest BCUT2D eigenvalue weighted by molar-refractivity contribution is 0.0488. The number of fused-ring (bicyclic) bond motifs is 1. The molecule has 1 aliphatic rings. The highest BCUT2D eigenvalue weighted by atomic mass is 35.5. The van der Waals surface area contributed by atoms with Gasteiger partial charge in [0.25, 0.3) is 0 Å². The van der Waals surface area contributed by atoms with E-state index in [0.717, 1.165) is 5.75 Å². The molecule has 2 aromatic carbocycles. The van der Waals surface area contributed by atoms with E-state index in [2.05, 4.69) is 12.1 Å². The van der Waals surface area contributed by atoms with Crippen LogP contribution in [0.15, 0.2) is 47.4 Å². The van der Waals surface area contributed by atoms with Crippen LogP contribution in [0.5, 0.6) is 0 Å². The van der Waals surface area contributed by atoms with Gasteiger partial charge in [-0.2, -0.15) is 0 Å². The second-order valence-corrected chi connectivity index (χ2v) is 6.31. The summed E-state index contributed by atoms with van der Waals surface area (Å²) in [6.07, 6.45) is 0. The summed E-state index contributed by atoms with van der Waals surface area (Å²) in [7, 11) is 0. The monoisotopic (exact) mass is 319 g/mol. The van der Waals surface area contributed by atoms with Crippen LogP contribution in [0.1, 0.15) is 21.8 Å². The van der Waals surface area contributed by atoms with E-state index in [4.69, 9.17) is 22.1 Å². The Bertz CT molecular complexity index is 690. The highest BCUT2D eigenvalue weighted by Gasteiger charge is 2.24. The van der Waals surface area contributed by atoms with Crippen molar-refractivity contribution in [3.05, 3.63) is 58.6 Å². The van der Waals surface area contributed by atoms with Crippen LogP contribution in [0.2, 0.25) is 5.02 Å². The van der Waals surface area contributed by atoms with Crippen molar-refractivity contribution in [2.24, 2.45) is 0 Å². The van der Waals surface area contributed by atoms with Crippen molar-refractivity contribution < 1.29 is 9.53 Å². The zero-order valence-electron chi connectivity index (χ0n) is 11.2. The van der Waals surface area contributed by atoms with Gasteiger partial charge in [-0.15, -0.1) is 11.8 Å². The highest BCUT2D eigenvalue weighted by molar-refractivity contribution is 7.99. The lowest BCUT2D eigenvalue weighted by Crippen LogP contribution is -2.14. The van der Waals surface area contributed by atoms with Gasteiger partial charge >= 0.3 is 5.97 Å². The third-order valence-electron chi connectivity index (χ3n) is 3.49. The Morgan fingerprint density at radius 1 is 1.29 bits per heavy atom. The molecule has 5 heteroatoms. The number of hydrogen-bond acceptors (Lipinski definition) is 4. The molecule has 0 fully saturated rings. The number of carbonyl (C=O) groups excluding carboxylic acids is 1. The van der Waals surface area contributed by atoms with E-state index in [1.165, 1.54) is 10.5 Å². The minimum absolute atomic E-state index is 0.232. The van der Waals surface area contributed by atoms with Crippen molar-refractivity contribution in [2.75, 3.05) is 18.1 Å². The predicted octanol–water partition coefficient (Wildman–Crippen LogP) is 3.97. The Kier molecular flexibility index (Phi) is 4.08. The van der Waals surface area contributed by atoms with E-state index < -0.39 is 5.97 Å². The number of anilines is 1. The van der Waals surface area contributed by atoms with Gasteiger partial charge in [-0.05, 0) is 23.8 Å². The summed E-state index contributed by atoms with van der Waals surface area (Å²) in [6.45, 7) is 0.356. The minimum atomic E-state index is -0.426. The zero-order valence-corrected chi connectivity index (χ0v) is 12.8. The third kappa shape index (κ3) is 2.87. The van der Waals surface area contributed by atoms with Crippen LogP contribution in [-0.4, -0.2) is 18.3 Å². The molecule has 0 saturated heterocycles. The lowest BCUT2D eigenvalue weighted by Gasteiger charge is -2.12. The fourth-order valence-corrected chi connectivity index (χ4v) is 3.74. The minimum Gasteiger partial charge on any atom is -0.461 e. The van der Waals surface area contributed by atoms with E-state index in [0.29, 0.717) is 17.2 Å². The first-order valence-electron chi connectivity index (χ1n) is 6.59. The number of benzene rings is 2. The van der Waals surface area contributed by atoms with E-state index in [9.17, 15) is 4.79 Å². The Balaban J connectivity index is 1.69. The molecule has 1 unspecified atom stereocenters. The average Bonchev–Trinajstić information content (AvgIpc) is 2.91. The van der Waals surface area contributed by atoms with E-state index in [1.54, 1.807) is 30.0 Å². The number of carbonyl (C=O) groups is 1. The fraction of sp³-hybridized carbons (Fsp3) is 0.188. The molecule has 0 aliphatic carbocycles. The largest absolute Gasteiger partial charge is 0.461 e. The molecule has 0 spiro atoms.